The summed E-state index contributed by atoms with van der Waals surface area (Å²) < 4.78 is 15.2. The molecule has 4 nitrogen and oxygen atoms in total. The number of ether oxygens (including phenoxy) is 3. The Morgan fingerprint density at radius 2 is 1.74 bits per heavy atom. The predicted octanol–water partition coefficient (Wildman–Crippen LogP) is 3.21. The molecule has 1 saturated heterocycles. The lowest BCUT2D eigenvalue weighted by molar-refractivity contribution is -0.140. The maximum atomic E-state index is 10.9. The summed E-state index contributed by atoms with van der Waals surface area (Å²) in [7, 11) is 1.44. The van der Waals surface area contributed by atoms with Crippen LogP contribution >= 0.6 is 0 Å². The number of carbonyl (C=O) groups is 1. The van der Waals surface area contributed by atoms with Gasteiger partial charge in [-0.1, -0.05) is 31.8 Å². The first-order chi connectivity index (χ1) is 9.33. The topological polar surface area (TPSA) is 44.8 Å². The van der Waals surface area contributed by atoms with Gasteiger partial charge >= 0.3 is 5.97 Å². The molecule has 0 aromatic carbocycles. The molecule has 0 aliphatic carbocycles. The van der Waals surface area contributed by atoms with E-state index in [0.717, 1.165) is 19.3 Å². The van der Waals surface area contributed by atoms with Crippen molar-refractivity contribution in [3.8, 4) is 0 Å². The highest BCUT2D eigenvalue weighted by atomic mass is 16.7. The zero-order valence-electron chi connectivity index (χ0n) is 11.9. The van der Waals surface area contributed by atoms with Crippen LogP contribution in [0, 0.1) is 0 Å². The summed E-state index contributed by atoms with van der Waals surface area (Å²) in [4.78, 5) is 10.9. The quantitative estimate of drug-likeness (QED) is 0.347. The van der Waals surface area contributed by atoms with E-state index in [9.17, 15) is 4.79 Å². The summed E-state index contributed by atoms with van der Waals surface area (Å²) in [6.45, 7) is 1.42. The van der Waals surface area contributed by atoms with Crippen LogP contribution in [0.15, 0.2) is 12.2 Å². The Balaban J connectivity index is 1.79. The third kappa shape index (κ3) is 8.78. The summed E-state index contributed by atoms with van der Waals surface area (Å²) in [6, 6.07) is 0. The lowest BCUT2D eigenvalue weighted by Gasteiger charge is -2.02. The molecule has 0 N–H and O–H groups in total. The van der Waals surface area contributed by atoms with Gasteiger partial charge in [-0.2, -0.15) is 0 Å². The van der Waals surface area contributed by atoms with Crippen LogP contribution in [-0.4, -0.2) is 32.6 Å². The first-order valence-corrected chi connectivity index (χ1v) is 7.29. The number of methoxy groups -OCH3 is 1. The fraction of sp³-hybridized carbons (Fsp3) is 0.800. The normalized spacial score (nSPS) is 16.3. The number of rotatable bonds is 10. The molecule has 1 aliphatic heterocycles. The van der Waals surface area contributed by atoms with Crippen molar-refractivity contribution >= 4 is 5.97 Å². The second-order valence-electron chi connectivity index (χ2n) is 4.77. The average Bonchev–Trinajstić information content (AvgIpc) is 2.93. The van der Waals surface area contributed by atoms with Crippen LogP contribution in [0.5, 0.6) is 0 Å². The van der Waals surface area contributed by atoms with Crippen molar-refractivity contribution < 1.29 is 19.0 Å². The third-order valence-corrected chi connectivity index (χ3v) is 3.17. The van der Waals surface area contributed by atoms with Crippen molar-refractivity contribution in [2.75, 3.05) is 20.3 Å². The van der Waals surface area contributed by atoms with E-state index in [1.165, 1.54) is 32.8 Å². The standard InChI is InChI=1S/C15H26O4/c1-17-14(16)10-8-6-4-2-3-5-7-9-11-15-18-12-13-19-15/h9,11,15H,2-8,10,12-13H2,1H3/b11-9-. The first-order valence-electron chi connectivity index (χ1n) is 7.29. The number of esters is 1. The van der Waals surface area contributed by atoms with E-state index in [1.54, 1.807) is 0 Å². The van der Waals surface area contributed by atoms with Crippen LogP contribution < -0.4 is 0 Å². The molecule has 0 aromatic rings. The number of unbranched alkanes of at least 4 members (excludes halogenated alkanes) is 6. The van der Waals surface area contributed by atoms with E-state index in [2.05, 4.69) is 10.8 Å². The zero-order valence-corrected chi connectivity index (χ0v) is 11.9. The molecule has 0 unspecified atom stereocenters. The minimum Gasteiger partial charge on any atom is -0.469 e. The summed E-state index contributed by atoms with van der Waals surface area (Å²) in [5, 5.41) is 0. The van der Waals surface area contributed by atoms with E-state index in [0.29, 0.717) is 19.6 Å². The first kappa shape index (κ1) is 16.2. The summed E-state index contributed by atoms with van der Waals surface area (Å²) in [5.74, 6) is -0.0958. The summed E-state index contributed by atoms with van der Waals surface area (Å²) in [6.07, 6.45) is 12.6. The van der Waals surface area contributed by atoms with E-state index in [1.807, 2.05) is 6.08 Å². The third-order valence-electron chi connectivity index (χ3n) is 3.17. The van der Waals surface area contributed by atoms with Gasteiger partial charge in [0, 0.05) is 6.42 Å². The lowest BCUT2D eigenvalue weighted by Crippen LogP contribution is -2.01. The second-order valence-corrected chi connectivity index (χ2v) is 4.77. The smallest absolute Gasteiger partial charge is 0.305 e. The summed E-state index contributed by atoms with van der Waals surface area (Å²) in [5.41, 5.74) is 0. The molecule has 0 spiro atoms. The summed E-state index contributed by atoms with van der Waals surface area (Å²) >= 11 is 0. The number of hydrogen-bond acceptors (Lipinski definition) is 4. The highest BCUT2D eigenvalue weighted by Crippen LogP contribution is 2.10. The van der Waals surface area contributed by atoms with Crippen LogP contribution in [0.1, 0.15) is 51.4 Å². The van der Waals surface area contributed by atoms with Crippen molar-refractivity contribution in [1.82, 2.24) is 0 Å². The zero-order chi connectivity index (χ0) is 13.8. The molecule has 0 aromatic heterocycles. The fourth-order valence-corrected chi connectivity index (χ4v) is 2.04. The molecule has 0 bridgehead atoms. The monoisotopic (exact) mass is 270 g/mol. The molecule has 19 heavy (non-hydrogen) atoms. The molecule has 1 rings (SSSR count). The highest BCUT2D eigenvalue weighted by Gasteiger charge is 2.10. The maximum Gasteiger partial charge on any atom is 0.305 e. The van der Waals surface area contributed by atoms with E-state index < -0.39 is 0 Å². The molecule has 1 aliphatic rings. The Morgan fingerprint density at radius 1 is 1.11 bits per heavy atom. The van der Waals surface area contributed by atoms with Crippen LogP contribution in [0.25, 0.3) is 0 Å². The van der Waals surface area contributed by atoms with Gasteiger partial charge < -0.3 is 14.2 Å². The fourth-order valence-electron chi connectivity index (χ4n) is 2.04. The highest BCUT2D eigenvalue weighted by molar-refractivity contribution is 5.68. The van der Waals surface area contributed by atoms with Gasteiger partial charge in [0.25, 0.3) is 0 Å². The van der Waals surface area contributed by atoms with Crippen molar-refractivity contribution in [3.05, 3.63) is 12.2 Å². The minimum atomic E-state index is -0.113. The Labute approximate surface area is 116 Å². The molecule has 0 atom stereocenters. The molecule has 110 valence electrons. The van der Waals surface area contributed by atoms with E-state index in [4.69, 9.17) is 9.47 Å². The van der Waals surface area contributed by atoms with Crippen LogP contribution in [-0.2, 0) is 19.0 Å². The number of allylic oxidation sites excluding steroid dienone is 1. The van der Waals surface area contributed by atoms with Gasteiger partial charge in [0.2, 0.25) is 0 Å². The molecule has 4 heteroatoms. The van der Waals surface area contributed by atoms with Crippen molar-refractivity contribution in [2.45, 2.75) is 57.7 Å². The number of carbonyl (C=O) groups excluding carboxylic acids is 1. The Bertz CT molecular complexity index is 257. The van der Waals surface area contributed by atoms with E-state index in [-0.39, 0.29) is 12.3 Å². The lowest BCUT2D eigenvalue weighted by atomic mass is 10.1. The molecule has 1 heterocycles. The minimum absolute atomic E-state index is 0.0958. The van der Waals surface area contributed by atoms with Crippen molar-refractivity contribution in [1.29, 1.82) is 0 Å². The Kier molecular flexibility index (Phi) is 9.37. The van der Waals surface area contributed by atoms with Crippen LogP contribution in [0.2, 0.25) is 0 Å². The van der Waals surface area contributed by atoms with Gasteiger partial charge in [-0.25, -0.2) is 0 Å². The molecule has 1 fully saturated rings. The van der Waals surface area contributed by atoms with Gasteiger partial charge in [0.05, 0.1) is 20.3 Å². The molecule has 0 amide bonds. The molecule has 0 radical (unpaired) electrons. The van der Waals surface area contributed by atoms with Crippen molar-refractivity contribution in [2.24, 2.45) is 0 Å². The Hall–Kier alpha value is -0.870. The van der Waals surface area contributed by atoms with Gasteiger partial charge in [-0.15, -0.1) is 0 Å². The second kappa shape index (κ2) is 11.0. The molecule has 0 saturated carbocycles. The van der Waals surface area contributed by atoms with E-state index >= 15 is 0 Å². The Morgan fingerprint density at radius 3 is 2.42 bits per heavy atom. The molecular formula is C15H26O4. The van der Waals surface area contributed by atoms with Gasteiger partial charge in [-0.05, 0) is 25.3 Å². The van der Waals surface area contributed by atoms with Gasteiger partial charge in [0.15, 0.2) is 6.29 Å². The predicted molar refractivity (Wildman–Crippen MR) is 73.8 cm³/mol. The number of hydrogen-bond donors (Lipinski definition) is 0. The average molecular weight is 270 g/mol. The van der Waals surface area contributed by atoms with Gasteiger partial charge in [-0.3, -0.25) is 4.79 Å². The van der Waals surface area contributed by atoms with Gasteiger partial charge in [0.1, 0.15) is 0 Å². The van der Waals surface area contributed by atoms with Crippen LogP contribution in [0.3, 0.4) is 0 Å². The molecular weight excluding hydrogens is 244 g/mol. The SMILES string of the molecule is COC(=O)CCCCCCCC/C=C\C1OCCO1. The largest absolute Gasteiger partial charge is 0.469 e. The maximum absolute atomic E-state index is 10.9. The van der Waals surface area contributed by atoms with Crippen molar-refractivity contribution in [3.63, 3.8) is 0 Å². The van der Waals surface area contributed by atoms with Crippen LogP contribution in [0.4, 0.5) is 0 Å².